The molecule has 4 rings (SSSR count). The molecule has 4 N–H and O–H groups in total. The van der Waals surface area contributed by atoms with Gasteiger partial charge in [0.25, 0.3) is 5.91 Å². The van der Waals surface area contributed by atoms with E-state index in [1.54, 1.807) is 41.0 Å². The number of pyridine rings is 1. The minimum Gasteiger partial charge on any atom is -0.480 e. The predicted molar refractivity (Wildman–Crippen MR) is 125 cm³/mol. The van der Waals surface area contributed by atoms with Crippen LogP contribution in [0.5, 0.6) is 5.88 Å². The number of aryl methyl sites for hydroxylation is 1. The average molecular weight is 467 g/mol. The Hall–Kier alpha value is -3.69. The van der Waals surface area contributed by atoms with Crippen LogP contribution in [0.15, 0.2) is 48.9 Å². The largest absolute Gasteiger partial charge is 0.480 e. The van der Waals surface area contributed by atoms with Crippen molar-refractivity contribution in [2.45, 2.75) is 19.4 Å². The molecular weight excluding hydrogens is 444 g/mol. The van der Waals surface area contributed by atoms with E-state index in [0.29, 0.717) is 28.3 Å². The average Bonchev–Trinajstić information content (AvgIpc) is 3.16. The van der Waals surface area contributed by atoms with Crippen LogP contribution in [0.1, 0.15) is 34.0 Å². The van der Waals surface area contributed by atoms with Crippen molar-refractivity contribution in [3.63, 3.8) is 0 Å². The summed E-state index contributed by atoms with van der Waals surface area (Å²) >= 11 is 5.89. The Morgan fingerprint density at radius 1 is 1.27 bits per heavy atom. The normalized spacial score (nSPS) is 12.0. The molecular formula is C23H23ClN6O3. The lowest BCUT2D eigenvalue weighted by Gasteiger charge is -2.13. The number of nitrogens with one attached hydrogen (secondary N) is 1. The van der Waals surface area contributed by atoms with Crippen LogP contribution in [0.3, 0.4) is 0 Å². The molecule has 1 amide bonds. The second-order valence-corrected chi connectivity index (χ2v) is 7.95. The lowest BCUT2D eigenvalue weighted by molar-refractivity contribution is 0.0939. The molecule has 0 saturated heterocycles. The number of aliphatic hydroxyl groups is 1. The van der Waals surface area contributed by atoms with E-state index in [1.165, 1.54) is 13.4 Å². The summed E-state index contributed by atoms with van der Waals surface area (Å²) < 4.78 is 6.96. The number of carbonyl (C=O) groups is 1. The van der Waals surface area contributed by atoms with Crippen LogP contribution in [-0.2, 0) is 0 Å². The van der Waals surface area contributed by atoms with E-state index in [1.807, 2.05) is 13.0 Å². The van der Waals surface area contributed by atoms with Crippen LogP contribution in [0.4, 0.5) is 5.82 Å². The summed E-state index contributed by atoms with van der Waals surface area (Å²) in [6, 6.07) is 10.5. The summed E-state index contributed by atoms with van der Waals surface area (Å²) in [5.41, 5.74) is 9.99. The molecule has 170 valence electrons. The van der Waals surface area contributed by atoms with Crippen molar-refractivity contribution in [1.29, 1.82) is 0 Å². The minimum absolute atomic E-state index is 0.196. The summed E-state index contributed by atoms with van der Waals surface area (Å²) in [5, 5.41) is 18.1. The second-order valence-electron chi connectivity index (χ2n) is 7.51. The molecule has 9 nitrogen and oxygen atoms in total. The number of fused-ring (bicyclic) bond motifs is 1. The van der Waals surface area contributed by atoms with Gasteiger partial charge in [0, 0.05) is 23.3 Å². The molecule has 1 atom stereocenters. The van der Waals surface area contributed by atoms with Crippen LogP contribution in [0.25, 0.3) is 16.8 Å². The van der Waals surface area contributed by atoms with Gasteiger partial charge in [-0.1, -0.05) is 23.7 Å². The van der Waals surface area contributed by atoms with Crippen LogP contribution in [0.2, 0.25) is 5.02 Å². The number of halogens is 1. The Bertz CT molecular complexity index is 1310. The first-order valence-corrected chi connectivity index (χ1v) is 10.6. The third-order valence-electron chi connectivity index (χ3n) is 5.32. The number of aromatic nitrogens is 4. The summed E-state index contributed by atoms with van der Waals surface area (Å²) in [7, 11) is 1.45. The highest BCUT2D eigenvalue weighted by Gasteiger charge is 2.19. The first-order valence-electron chi connectivity index (χ1n) is 10.2. The maximum Gasteiger partial charge on any atom is 0.256 e. The molecule has 0 aliphatic carbocycles. The third-order valence-corrected chi connectivity index (χ3v) is 5.57. The zero-order valence-corrected chi connectivity index (χ0v) is 18.9. The van der Waals surface area contributed by atoms with Crippen molar-refractivity contribution in [3.8, 4) is 17.1 Å². The molecule has 0 aliphatic heterocycles. The molecule has 33 heavy (non-hydrogen) atoms. The number of aliphatic hydroxyl groups excluding tert-OH is 1. The molecule has 4 aromatic rings. The van der Waals surface area contributed by atoms with Crippen molar-refractivity contribution in [2.24, 2.45) is 0 Å². The lowest BCUT2D eigenvalue weighted by atomic mass is 10.1. The molecule has 10 heteroatoms. The highest BCUT2D eigenvalue weighted by atomic mass is 35.5. The maximum absolute atomic E-state index is 12.9. The number of hydrogen-bond acceptors (Lipinski definition) is 7. The van der Waals surface area contributed by atoms with Gasteiger partial charge in [0.15, 0.2) is 5.82 Å². The molecule has 0 spiro atoms. The number of amides is 1. The van der Waals surface area contributed by atoms with Gasteiger partial charge in [0.2, 0.25) is 5.88 Å². The highest BCUT2D eigenvalue weighted by Crippen LogP contribution is 2.29. The smallest absolute Gasteiger partial charge is 0.256 e. The van der Waals surface area contributed by atoms with Gasteiger partial charge in [-0.3, -0.25) is 4.79 Å². The first kappa shape index (κ1) is 22.5. The van der Waals surface area contributed by atoms with Crippen molar-refractivity contribution < 1.29 is 14.6 Å². The zero-order valence-electron chi connectivity index (χ0n) is 18.1. The number of ether oxygens (including phenoxy) is 1. The van der Waals surface area contributed by atoms with Crippen LogP contribution < -0.4 is 15.8 Å². The summed E-state index contributed by atoms with van der Waals surface area (Å²) in [4.78, 5) is 21.3. The van der Waals surface area contributed by atoms with E-state index in [0.717, 1.165) is 16.8 Å². The molecule has 0 bridgehead atoms. The Morgan fingerprint density at radius 2 is 2.03 bits per heavy atom. The Labute approximate surface area is 195 Å². The number of hydrogen-bond donors (Lipinski definition) is 3. The first-order chi connectivity index (χ1) is 15.9. The molecule has 0 fully saturated rings. The zero-order chi connectivity index (χ0) is 23.5. The molecule has 0 aliphatic rings. The van der Waals surface area contributed by atoms with Gasteiger partial charge in [0.05, 0.1) is 18.9 Å². The fraction of sp³-hybridized carbons (Fsp3) is 0.217. The highest BCUT2D eigenvalue weighted by molar-refractivity contribution is 6.30. The Balaban J connectivity index is 1.54. The van der Waals surface area contributed by atoms with Crippen molar-refractivity contribution in [1.82, 2.24) is 24.9 Å². The molecule has 0 unspecified atom stereocenters. The number of nitrogens with zero attached hydrogens (tertiary/aromatic N) is 4. The van der Waals surface area contributed by atoms with Crippen molar-refractivity contribution in [2.75, 3.05) is 19.4 Å². The standard InChI is InChI=1S/C23H23ClN6O3/c1-13-9-18(30-20(13)21(25)28-12-29-30)15-10-17(23(33-2)27-11-15)22(32)26-8-7-19(31)14-3-5-16(24)6-4-14/h3-6,9-12,19,31H,7-8H2,1-2H3,(H,26,32)(H2,25,28,29)/t19-/m0/s1. The van der Waals surface area contributed by atoms with Gasteiger partial charge in [-0.15, -0.1) is 0 Å². The van der Waals surface area contributed by atoms with Gasteiger partial charge in [-0.05, 0) is 48.7 Å². The summed E-state index contributed by atoms with van der Waals surface area (Å²) in [6.07, 6.45) is 2.59. The quantitative estimate of drug-likeness (QED) is 0.381. The minimum atomic E-state index is -0.728. The lowest BCUT2D eigenvalue weighted by Crippen LogP contribution is -2.26. The van der Waals surface area contributed by atoms with E-state index in [-0.39, 0.29) is 23.9 Å². The van der Waals surface area contributed by atoms with E-state index in [4.69, 9.17) is 22.1 Å². The van der Waals surface area contributed by atoms with Gasteiger partial charge in [0.1, 0.15) is 17.4 Å². The SMILES string of the molecule is COc1ncc(-c2cc(C)c3c(N)ncnn23)cc1C(=O)NCC[C@H](O)c1ccc(Cl)cc1. The maximum atomic E-state index is 12.9. The van der Waals surface area contributed by atoms with Gasteiger partial charge in [-0.2, -0.15) is 5.10 Å². The fourth-order valence-electron chi connectivity index (χ4n) is 3.65. The number of rotatable bonds is 7. The molecule has 3 heterocycles. The number of nitrogen functional groups attached to an aromatic ring is 1. The van der Waals surface area contributed by atoms with Crippen molar-refractivity contribution in [3.05, 3.63) is 70.6 Å². The van der Waals surface area contributed by atoms with E-state index in [2.05, 4.69) is 20.4 Å². The van der Waals surface area contributed by atoms with Crippen molar-refractivity contribution >= 4 is 28.8 Å². The molecule has 0 radical (unpaired) electrons. The van der Waals surface area contributed by atoms with Gasteiger partial charge < -0.3 is 20.9 Å². The Kier molecular flexibility index (Phi) is 6.43. The second kappa shape index (κ2) is 9.43. The number of benzene rings is 1. The molecule has 1 aromatic carbocycles. The molecule has 3 aromatic heterocycles. The third kappa shape index (κ3) is 4.59. The predicted octanol–water partition coefficient (Wildman–Crippen LogP) is 3.20. The molecule has 0 saturated carbocycles. The number of nitrogens with two attached hydrogens (primary N) is 1. The number of anilines is 1. The van der Waals surface area contributed by atoms with E-state index >= 15 is 0 Å². The fourth-order valence-corrected chi connectivity index (χ4v) is 3.77. The van der Waals surface area contributed by atoms with Crippen LogP contribution >= 0.6 is 11.6 Å². The topological polar surface area (TPSA) is 128 Å². The van der Waals surface area contributed by atoms with E-state index in [9.17, 15) is 9.90 Å². The van der Waals surface area contributed by atoms with Gasteiger partial charge in [-0.25, -0.2) is 14.5 Å². The monoisotopic (exact) mass is 466 g/mol. The van der Waals surface area contributed by atoms with E-state index < -0.39 is 6.10 Å². The van der Waals surface area contributed by atoms with Gasteiger partial charge >= 0.3 is 0 Å². The number of methoxy groups -OCH3 is 1. The van der Waals surface area contributed by atoms with Crippen LogP contribution in [0, 0.1) is 6.92 Å². The van der Waals surface area contributed by atoms with Crippen LogP contribution in [-0.4, -0.2) is 44.3 Å². The Morgan fingerprint density at radius 3 is 2.76 bits per heavy atom. The summed E-state index contributed by atoms with van der Waals surface area (Å²) in [6.45, 7) is 2.17. The summed E-state index contributed by atoms with van der Waals surface area (Å²) in [5.74, 6) is 0.199. The number of carbonyl (C=O) groups excluding carboxylic acids is 1.